The number of carboxylic acids is 2. The first-order valence-electron chi connectivity index (χ1n) is 19.6. The number of nitriles is 1. The Hall–Kier alpha value is -6.28. The Balaban J connectivity index is 1.61. The molecular weight excluding hydrogens is 717 g/mol. The highest BCUT2D eigenvalue weighted by molar-refractivity contribution is 5.96. The normalized spacial score (nSPS) is 20.6. The number of fused-ring (bicyclic) bond motifs is 11. The van der Waals surface area contributed by atoms with Crippen LogP contribution in [0.2, 0.25) is 0 Å². The molecule has 3 aromatic heterocycles. The molecular formula is C46H46N6O5. The summed E-state index contributed by atoms with van der Waals surface area (Å²) in [4.78, 5) is 56.6. The molecule has 8 rings (SSSR count). The number of carbonyl (C=O) groups excluding carboxylic acids is 1. The van der Waals surface area contributed by atoms with Crippen molar-refractivity contribution in [2.75, 3.05) is 11.9 Å². The third-order valence-electron chi connectivity index (χ3n) is 13.4. The predicted octanol–water partition coefficient (Wildman–Crippen LogP) is 8.51. The number of allylic oxidation sites excluding steroid dienone is 2. The number of nitrogens with one attached hydrogen (secondary N) is 2. The van der Waals surface area contributed by atoms with E-state index in [2.05, 4.69) is 54.7 Å². The molecule has 4 N–H and O–H groups in total. The Labute approximate surface area is 330 Å². The van der Waals surface area contributed by atoms with Gasteiger partial charge in [-0.1, -0.05) is 13.8 Å². The number of H-pyrrole nitrogens is 2. The molecule has 0 radical (unpaired) electrons. The largest absolute Gasteiger partial charge is 0.481 e. The van der Waals surface area contributed by atoms with Crippen LogP contribution in [0.1, 0.15) is 120 Å². The second-order valence-corrected chi connectivity index (χ2v) is 16.0. The third-order valence-corrected chi connectivity index (χ3v) is 13.4. The lowest BCUT2D eigenvalue weighted by atomic mass is 9.50. The number of aromatic nitrogens is 4. The molecule has 0 saturated carbocycles. The van der Waals surface area contributed by atoms with Gasteiger partial charge >= 0.3 is 11.9 Å². The molecule has 3 atom stereocenters. The lowest BCUT2D eigenvalue weighted by Crippen LogP contribution is -2.63. The highest BCUT2D eigenvalue weighted by Crippen LogP contribution is 2.64. The number of carboxylic acid groups (broad SMARTS) is 2. The molecule has 11 heteroatoms. The van der Waals surface area contributed by atoms with E-state index in [4.69, 9.17) is 9.97 Å². The van der Waals surface area contributed by atoms with Gasteiger partial charge in [0.05, 0.1) is 51.3 Å². The summed E-state index contributed by atoms with van der Waals surface area (Å²) in [6, 6.07) is 14.0. The van der Waals surface area contributed by atoms with Crippen molar-refractivity contribution in [3.05, 3.63) is 104 Å². The zero-order valence-corrected chi connectivity index (χ0v) is 33.3. The summed E-state index contributed by atoms with van der Waals surface area (Å²) < 4.78 is 0. The number of benzene rings is 1. The summed E-state index contributed by atoms with van der Waals surface area (Å²) in [5.74, 6) is -1.81. The number of aromatic amines is 2. The quantitative estimate of drug-likeness (QED) is 0.122. The number of hydrogen-bond donors (Lipinski definition) is 4. The number of carbonyl (C=O) groups is 3. The van der Waals surface area contributed by atoms with Gasteiger partial charge in [-0.25, -0.2) is 4.98 Å². The molecule has 0 unspecified atom stereocenters. The molecule has 4 aliphatic rings. The molecule has 0 fully saturated rings. The summed E-state index contributed by atoms with van der Waals surface area (Å²) in [6.07, 6.45) is 4.59. The molecule has 4 aromatic rings. The van der Waals surface area contributed by atoms with Crippen LogP contribution >= 0.6 is 0 Å². The van der Waals surface area contributed by atoms with E-state index in [9.17, 15) is 29.9 Å². The molecule has 3 aliphatic heterocycles. The molecule has 0 amide bonds. The van der Waals surface area contributed by atoms with Gasteiger partial charge in [-0.3, -0.25) is 19.4 Å². The molecule has 11 nitrogen and oxygen atoms in total. The first-order chi connectivity index (χ1) is 27.2. The SMILES string of the molecule is CCC1=C(C)c2nc1cc1[nH]c(cc3[nH]c(cc4nc5c2C=C(C#N)[C@H]2N(C)c6ccc(C=O)cc6[C@]4(C)[C@@]52CC)c(C)c3CCC(=O)O)c(CCC(=O)O)c1C. The van der Waals surface area contributed by atoms with Gasteiger partial charge in [-0.15, -0.1) is 0 Å². The van der Waals surface area contributed by atoms with Crippen LogP contribution in [-0.4, -0.2) is 61.5 Å². The maximum absolute atomic E-state index is 12.4. The minimum absolute atomic E-state index is 0.0583. The van der Waals surface area contributed by atoms with Crippen LogP contribution in [0.15, 0.2) is 42.0 Å². The second-order valence-electron chi connectivity index (χ2n) is 16.0. The summed E-state index contributed by atoms with van der Waals surface area (Å²) in [5, 5.41) is 30.5. The maximum Gasteiger partial charge on any atom is 0.303 e. The number of hydrogen-bond acceptors (Lipinski definition) is 7. The van der Waals surface area contributed by atoms with Crippen molar-refractivity contribution in [1.29, 1.82) is 5.26 Å². The standard InChI is InChI=1S/C46H46N6O5/c1-8-28-25(5)42-31-17-27(21-47)44-46(9-2)43(31)51-39(45(46,6)32-16-26(22-53)10-13-38(32)52(44)7)20-34-24(4)30(12-15-41(56)57)37(49-34)19-36-29(11-14-40(54)55)23(3)33(48-36)18-35(28)50-42/h10,13,16-20,22,44,48-49H,8-9,11-12,14-15H2,1-7H3,(H,54,55)(H,56,57)/t44-,45+,46+/m1/s1. The zero-order valence-electron chi connectivity index (χ0n) is 33.3. The molecule has 1 aliphatic carbocycles. The molecule has 290 valence electrons. The summed E-state index contributed by atoms with van der Waals surface area (Å²) in [6.45, 7) is 12.5. The van der Waals surface area contributed by atoms with Crippen LogP contribution in [0.25, 0.3) is 39.3 Å². The van der Waals surface area contributed by atoms with Gasteiger partial charge in [0, 0.05) is 58.8 Å². The van der Waals surface area contributed by atoms with Crippen molar-refractivity contribution in [2.24, 2.45) is 0 Å². The molecule has 8 bridgehead atoms. The Morgan fingerprint density at radius 3 is 2.12 bits per heavy atom. The molecule has 1 aromatic carbocycles. The van der Waals surface area contributed by atoms with E-state index in [-0.39, 0.29) is 25.3 Å². The first kappa shape index (κ1) is 37.6. The fraction of sp³-hybridized carbons (Fsp3) is 0.348. The number of aldehydes is 1. The zero-order chi connectivity index (χ0) is 40.7. The van der Waals surface area contributed by atoms with Gasteiger partial charge in [0.2, 0.25) is 0 Å². The number of aliphatic carboxylic acids is 2. The average molecular weight is 763 g/mol. The van der Waals surface area contributed by atoms with Crippen molar-refractivity contribution in [3.63, 3.8) is 0 Å². The van der Waals surface area contributed by atoms with Gasteiger partial charge < -0.3 is 25.1 Å². The summed E-state index contributed by atoms with van der Waals surface area (Å²) in [5.41, 5.74) is 13.9. The van der Waals surface area contributed by atoms with Gasteiger partial charge in [-0.2, -0.15) is 5.26 Å². The fourth-order valence-electron chi connectivity index (χ4n) is 10.5. The van der Waals surface area contributed by atoms with Crippen molar-refractivity contribution in [3.8, 4) is 6.07 Å². The van der Waals surface area contributed by atoms with E-state index in [1.807, 2.05) is 57.3 Å². The minimum Gasteiger partial charge on any atom is -0.481 e. The number of anilines is 1. The molecule has 57 heavy (non-hydrogen) atoms. The molecule has 0 spiro atoms. The summed E-state index contributed by atoms with van der Waals surface area (Å²) in [7, 11) is 2.02. The number of likely N-dealkylation sites (N-methyl/N-ethyl adjacent to an activating group) is 1. The Morgan fingerprint density at radius 2 is 1.56 bits per heavy atom. The molecule has 6 heterocycles. The van der Waals surface area contributed by atoms with E-state index < -0.39 is 22.8 Å². The van der Waals surface area contributed by atoms with Gasteiger partial charge in [-0.05, 0) is 135 Å². The second kappa shape index (κ2) is 13.4. The van der Waals surface area contributed by atoms with Crippen LogP contribution in [0.4, 0.5) is 5.69 Å². The smallest absolute Gasteiger partial charge is 0.303 e. The highest BCUT2D eigenvalue weighted by Gasteiger charge is 2.66. The van der Waals surface area contributed by atoms with Gasteiger partial charge in [0.1, 0.15) is 6.29 Å². The van der Waals surface area contributed by atoms with Crippen LogP contribution in [-0.2, 0) is 33.3 Å². The van der Waals surface area contributed by atoms with E-state index >= 15 is 0 Å². The Morgan fingerprint density at radius 1 is 0.930 bits per heavy atom. The third kappa shape index (κ3) is 5.26. The minimum atomic E-state index is -0.912. The van der Waals surface area contributed by atoms with Crippen LogP contribution in [0, 0.1) is 25.2 Å². The van der Waals surface area contributed by atoms with Crippen molar-refractivity contribution in [1.82, 2.24) is 19.9 Å². The van der Waals surface area contributed by atoms with E-state index in [1.54, 1.807) is 0 Å². The van der Waals surface area contributed by atoms with E-state index in [0.717, 1.165) is 101 Å². The maximum atomic E-state index is 12.4. The highest BCUT2D eigenvalue weighted by atomic mass is 16.4. The fourth-order valence-corrected chi connectivity index (χ4v) is 10.5. The monoisotopic (exact) mass is 762 g/mol. The number of nitrogens with zero attached hydrogens (tertiary/aromatic N) is 4. The van der Waals surface area contributed by atoms with E-state index in [1.165, 1.54) is 0 Å². The van der Waals surface area contributed by atoms with Crippen LogP contribution < -0.4 is 4.90 Å². The van der Waals surface area contributed by atoms with E-state index in [0.29, 0.717) is 30.4 Å². The lowest BCUT2D eigenvalue weighted by Gasteiger charge is -2.58. The first-order valence-corrected chi connectivity index (χ1v) is 19.6. The number of aryl methyl sites for hydroxylation is 4. The Bertz CT molecular complexity index is 2740. The lowest BCUT2D eigenvalue weighted by molar-refractivity contribution is -0.138. The van der Waals surface area contributed by atoms with Gasteiger partial charge in [0.25, 0.3) is 0 Å². The average Bonchev–Trinajstić information content (AvgIpc) is 3.85. The summed E-state index contributed by atoms with van der Waals surface area (Å²) >= 11 is 0. The van der Waals surface area contributed by atoms with Crippen molar-refractivity contribution < 1.29 is 24.6 Å². The van der Waals surface area contributed by atoms with Crippen molar-refractivity contribution in [2.45, 2.75) is 96.9 Å². The topological polar surface area (TPSA) is 176 Å². The van der Waals surface area contributed by atoms with Crippen molar-refractivity contribution >= 4 is 63.2 Å². The van der Waals surface area contributed by atoms with Crippen LogP contribution in [0.3, 0.4) is 0 Å². The predicted molar refractivity (Wildman–Crippen MR) is 221 cm³/mol. The molecule has 0 saturated heterocycles. The number of rotatable bonds is 9. The van der Waals surface area contributed by atoms with Gasteiger partial charge in [0.15, 0.2) is 0 Å². The van der Waals surface area contributed by atoms with Crippen LogP contribution in [0.5, 0.6) is 0 Å². The Kier molecular flexibility index (Phi) is 8.87.